The van der Waals surface area contributed by atoms with E-state index >= 15 is 0 Å². The molecule has 1 atom stereocenters. The van der Waals surface area contributed by atoms with Crippen molar-refractivity contribution >= 4 is 39.9 Å². The Bertz CT molecular complexity index is 447. The summed E-state index contributed by atoms with van der Waals surface area (Å²) in [4.78, 5) is 16.5. The Morgan fingerprint density at radius 3 is 2.78 bits per heavy atom. The summed E-state index contributed by atoms with van der Waals surface area (Å²) in [6.07, 6.45) is 2.62. The van der Waals surface area contributed by atoms with Crippen LogP contribution in [0.5, 0.6) is 0 Å². The van der Waals surface area contributed by atoms with Gasteiger partial charge in [-0.05, 0) is 49.9 Å². The van der Waals surface area contributed by atoms with Crippen LogP contribution >= 0.6 is 33.9 Å². The Morgan fingerprint density at radius 2 is 2.33 bits per heavy atom. The van der Waals surface area contributed by atoms with Gasteiger partial charge in [0.15, 0.2) is 5.60 Å². The quantitative estimate of drug-likeness (QED) is 0.633. The Balaban J connectivity index is 2.26. The monoisotopic (exact) mass is 380 g/mol. The van der Waals surface area contributed by atoms with Crippen LogP contribution in [0.3, 0.4) is 0 Å². The molecule has 1 aliphatic heterocycles. The zero-order valence-corrected chi connectivity index (χ0v) is 13.7. The minimum absolute atomic E-state index is 0.170. The number of carbonyl (C=O) groups excluding carboxylic acids is 1. The maximum absolute atomic E-state index is 12.1. The van der Waals surface area contributed by atoms with Crippen molar-refractivity contribution in [2.75, 3.05) is 13.1 Å². The van der Waals surface area contributed by atoms with Gasteiger partial charge in [0.25, 0.3) is 0 Å². The van der Waals surface area contributed by atoms with E-state index in [0.717, 1.165) is 20.9 Å². The minimum atomic E-state index is -0.571. The van der Waals surface area contributed by atoms with Gasteiger partial charge in [-0.25, -0.2) is 4.98 Å². The maximum Gasteiger partial charge on any atom is 0.312 e. The van der Waals surface area contributed by atoms with E-state index < -0.39 is 11.0 Å². The van der Waals surface area contributed by atoms with Gasteiger partial charge in [0.1, 0.15) is 5.01 Å². The molecule has 6 heteroatoms. The van der Waals surface area contributed by atoms with Gasteiger partial charge in [-0.3, -0.25) is 4.79 Å². The molecule has 4 nitrogen and oxygen atoms in total. The number of hydrogen-bond acceptors (Lipinski definition) is 5. The molecule has 2 heterocycles. The topological polar surface area (TPSA) is 51.2 Å². The van der Waals surface area contributed by atoms with Crippen LogP contribution in [0.15, 0.2) is 6.20 Å². The minimum Gasteiger partial charge on any atom is -0.450 e. The average molecular weight is 380 g/mol. The standard InChI is InChI=1S/C12H17IN2O2S/c1-11(2,3)10(16)17-12(4-5-14-7-12)9-15-6-8(13)18-9/h6,14H,4-5,7H2,1-3H3. The van der Waals surface area contributed by atoms with Crippen LogP contribution in [0.2, 0.25) is 0 Å². The first-order chi connectivity index (χ1) is 8.33. The molecule has 0 aromatic carbocycles. The summed E-state index contributed by atoms with van der Waals surface area (Å²) in [5.74, 6) is -0.170. The largest absolute Gasteiger partial charge is 0.450 e. The summed E-state index contributed by atoms with van der Waals surface area (Å²) in [7, 11) is 0. The number of esters is 1. The Morgan fingerprint density at radius 1 is 1.61 bits per heavy atom. The molecule has 1 fully saturated rings. The van der Waals surface area contributed by atoms with Gasteiger partial charge in [-0.15, -0.1) is 11.3 Å². The van der Waals surface area contributed by atoms with Gasteiger partial charge in [-0.2, -0.15) is 0 Å². The third-order valence-electron chi connectivity index (χ3n) is 2.88. The highest BCUT2D eigenvalue weighted by Crippen LogP contribution is 2.37. The number of thiazole rings is 1. The molecule has 0 radical (unpaired) electrons. The maximum atomic E-state index is 12.1. The van der Waals surface area contributed by atoms with Crippen molar-refractivity contribution < 1.29 is 9.53 Å². The molecule has 1 aliphatic rings. The first-order valence-electron chi connectivity index (χ1n) is 5.89. The van der Waals surface area contributed by atoms with Crippen molar-refractivity contribution in [3.8, 4) is 0 Å². The number of nitrogens with one attached hydrogen (secondary N) is 1. The fraction of sp³-hybridized carbons (Fsp3) is 0.667. The van der Waals surface area contributed by atoms with E-state index in [9.17, 15) is 4.79 Å². The van der Waals surface area contributed by atoms with E-state index in [1.54, 1.807) is 11.3 Å². The SMILES string of the molecule is CC(C)(C)C(=O)OC1(c2ncc(I)s2)CCNC1. The first-order valence-corrected chi connectivity index (χ1v) is 7.79. The van der Waals surface area contributed by atoms with Crippen molar-refractivity contribution in [3.05, 3.63) is 14.1 Å². The molecule has 100 valence electrons. The molecule has 2 rings (SSSR count). The number of ether oxygens (including phenoxy) is 1. The molecule has 0 saturated carbocycles. The summed E-state index contributed by atoms with van der Waals surface area (Å²) in [5, 5.41) is 4.16. The van der Waals surface area contributed by atoms with Crippen LogP contribution in [0, 0.1) is 8.30 Å². The number of aromatic nitrogens is 1. The van der Waals surface area contributed by atoms with Gasteiger partial charge in [0, 0.05) is 13.0 Å². The van der Waals surface area contributed by atoms with E-state index in [0.29, 0.717) is 6.54 Å². The summed E-state index contributed by atoms with van der Waals surface area (Å²) >= 11 is 3.83. The van der Waals surface area contributed by atoms with E-state index in [1.165, 1.54) is 0 Å². The predicted molar refractivity (Wildman–Crippen MR) is 79.5 cm³/mol. The summed E-state index contributed by atoms with van der Waals surface area (Å²) < 4.78 is 6.92. The zero-order chi connectivity index (χ0) is 13.4. The molecule has 1 aromatic heterocycles. The lowest BCUT2D eigenvalue weighted by atomic mass is 9.96. The third-order valence-corrected chi connectivity index (χ3v) is 4.79. The molecule has 0 spiro atoms. The lowest BCUT2D eigenvalue weighted by Crippen LogP contribution is -2.38. The second kappa shape index (κ2) is 5.05. The van der Waals surface area contributed by atoms with Crippen molar-refractivity contribution in [2.24, 2.45) is 5.41 Å². The molecule has 1 N–H and O–H groups in total. The molecule has 1 aromatic rings. The fourth-order valence-electron chi connectivity index (χ4n) is 1.78. The molecule has 0 aliphatic carbocycles. The second-order valence-corrected chi connectivity index (χ2v) is 8.45. The summed E-state index contributed by atoms with van der Waals surface area (Å²) in [6.45, 7) is 7.12. The van der Waals surface area contributed by atoms with Crippen LogP contribution in [-0.2, 0) is 15.1 Å². The lowest BCUT2D eigenvalue weighted by molar-refractivity contribution is -0.169. The number of nitrogens with zero attached hydrogens (tertiary/aromatic N) is 1. The molecular formula is C12H17IN2O2S. The van der Waals surface area contributed by atoms with Gasteiger partial charge in [0.05, 0.1) is 14.5 Å². The highest BCUT2D eigenvalue weighted by atomic mass is 127. The molecular weight excluding hydrogens is 363 g/mol. The van der Waals surface area contributed by atoms with E-state index in [2.05, 4.69) is 32.9 Å². The molecule has 1 unspecified atom stereocenters. The summed E-state index contributed by atoms with van der Waals surface area (Å²) in [5.41, 5.74) is -1.06. The normalized spacial score (nSPS) is 24.2. The van der Waals surface area contributed by atoms with E-state index in [4.69, 9.17) is 4.74 Å². The Hall–Kier alpha value is -0.210. The van der Waals surface area contributed by atoms with E-state index in [-0.39, 0.29) is 5.97 Å². The highest BCUT2D eigenvalue weighted by molar-refractivity contribution is 14.1. The third kappa shape index (κ3) is 2.85. The average Bonchev–Trinajstić information content (AvgIpc) is 2.86. The predicted octanol–water partition coefficient (Wildman–Crippen LogP) is 2.53. The smallest absolute Gasteiger partial charge is 0.312 e. The Labute approximate surface area is 125 Å². The van der Waals surface area contributed by atoms with Crippen LogP contribution in [0.1, 0.15) is 32.2 Å². The Kier molecular flexibility index (Phi) is 3.99. The second-order valence-electron chi connectivity index (χ2n) is 5.53. The zero-order valence-electron chi connectivity index (χ0n) is 10.7. The molecule has 0 amide bonds. The number of carbonyl (C=O) groups is 1. The van der Waals surface area contributed by atoms with Gasteiger partial charge >= 0.3 is 5.97 Å². The lowest BCUT2D eigenvalue weighted by Gasteiger charge is -2.29. The van der Waals surface area contributed by atoms with Crippen LogP contribution in [0.4, 0.5) is 0 Å². The number of rotatable bonds is 2. The van der Waals surface area contributed by atoms with Gasteiger partial charge in [-0.1, -0.05) is 0 Å². The molecule has 0 bridgehead atoms. The van der Waals surface area contributed by atoms with Crippen LogP contribution in [0.25, 0.3) is 0 Å². The van der Waals surface area contributed by atoms with Crippen LogP contribution < -0.4 is 5.32 Å². The fourth-order valence-corrected chi connectivity index (χ4v) is 3.34. The van der Waals surface area contributed by atoms with Crippen molar-refractivity contribution in [1.82, 2.24) is 10.3 Å². The van der Waals surface area contributed by atoms with Gasteiger partial charge < -0.3 is 10.1 Å². The van der Waals surface area contributed by atoms with Crippen molar-refractivity contribution in [1.29, 1.82) is 0 Å². The number of hydrogen-bond donors (Lipinski definition) is 1. The van der Waals surface area contributed by atoms with Crippen LogP contribution in [-0.4, -0.2) is 24.0 Å². The highest BCUT2D eigenvalue weighted by Gasteiger charge is 2.44. The van der Waals surface area contributed by atoms with Crippen molar-refractivity contribution in [3.63, 3.8) is 0 Å². The number of halogens is 1. The first kappa shape index (κ1) is 14.2. The molecule has 18 heavy (non-hydrogen) atoms. The van der Waals surface area contributed by atoms with Gasteiger partial charge in [0.2, 0.25) is 0 Å². The van der Waals surface area contributed by atoms with E-state index in [1.807, 2.05) is 27.0 Å². The van der Waals surface area contributed by atoms with Crippen molar-refractivity contribution in [2.45, 2.75) is 32.8 Å². The molecule has 1 saturated heterocycles. The summed E-state index contributed by atoms with van der Waals surface area (Å²) in [6, 6.07) is 0.